The molecule has 3 N–H and O–H groups in total. The number of thiazole rings is 1. The van der Waals surface area contributed by atoms with Crippen molar-refractivity contribution in [2.75, 3.05) is 11.7 Å². The Morgan fingerprint density at radius 3 is 2.72 bits per heavy atom. The quantitative estimate of drug-likeness (QED) is 0.670. The van der Waals surface area contributed by atoms with Crippen molar-refractivity contribution in [3.63, 3.8) is 0 Å². The molecule has 0 aliphatic rings. The third kappa shape index (κ3) is 2.64. The van der Waals surface area contributed by atoms with E-state index in [-0.39, 0.29) is 4.90 Å². The van der Waals surface area contributed by atoms with Crippen LogP contribution in [0.4, 0.5) is 5.13 Å². The van der Waals surface area contributed by atoms with E-state index < -0.39 is 9.84 Å². The molecule has 0 unspecified atom stereocenters. The van der Waals surface area contributed by atoms with E-state index in [9.17, 15) is 8.42 Å². The minimum absolute atomic E-state index is 0.195. The molecule has 2 aromatic rings. The molecule has 0 saturated heterocycles. The molecule has 1 heterocycles. The van der Waals surface area contributed by atoms with Crippen molar-refractivity contribution in [1.29, 1.82) is 0 Å². The highest BCUT2D eigenvalue weighted by Gasteiger charge is 2.17. The third-order valence-electron chi connectivity index (χ3n) is 2.24. The normalized spacial score (nSPS) is 11.5. The molecule has 0 saturated carbocycles. The molecule has 0 bridgehead atoms. The van der Waals surface area contributed by atoms with Gasteiger partial charge in [-0.2, -0.15) is 0 Å². The van der Waals surface area contributed by atoms with Gasteiger partial charge in [-0.3, -0.25) is 5.43 Å². The van der Waals surface area contributed by atoms with E-state index in [0.717, 1.165) is 6.26 Å². The number of hydrazine groups is 1. The van der Waals surface area contributed by atoms with E-state index in [0.29, 0.717) is 21.4 Å². The summed E-state index contributed by atoms with van der Waals surface area (Å²) in [5.74, 6) is 5.25. The number of nitrogen functional groups attached to an aromatic ring is 1. The molecule has 0 spiro atoms. The fourth-order valence-electron chi connectivity index (χ4n) is 1.49. The largest absolute Gasteiger partial charge is 0.300 e. The Kier molecular flexibility index (Phi) is 3.58. The number of nitrogens with zero attached hydrogens (tertiary/aromatic N) is 1. The molecule has 2 rings (SSSR count). The summed E-state index contributed by atoms with van der Waals surface area (Å²) in [7, 11) is -3.34. The van der Waals surface area contributed by atoms with Gasteiger partial charge >= 0.3 is 0 Å². The summed E-state index contributed by atoms with van der Waals surface area (Å²) in [6.45, 7) is 0. The first-order valence-electron chi connectivity index (χ1n) is 4.84. The summed E-state index contributed by atoms with van der Waals surface area (Å²) in [6, 6.07) is 4.59. The van der Waals surface area contributed by atoms with Crippen molar-refractivity contribution in [3.05, 3.63) is 28.6 Å². The smallest absolute Gasteiger partial charge is 0.197 e. The number of aromatic nitrogens is 1. The number of nitrogens with two attached hydrogens (primary N) is 1. The van der Waals surface area contributed by atoms with Gasteiger partial charge in [0.15, 0.2) is 15.0 Å². The van der Waals surface area contributed by atoms with Crippen LogP contribution in [0.25, 0.3) is 11.3 Å². The SMILES string of the molecule is CS(=O)(=O)c1ccc(Cl)cc1-c1csc(NN)n1. The van der Waals surface area contributed by atoms with E-state index >= 15 is 0 Å². The van der Waals surface area contributed by atoms with E-state index in [1.54, 1.807) is 11.4 Å². The number of hydrogen-bond acceptors (Lipinski definition) is 6. The van der Waals surface area contributed by atoms with E-state index in [1.165, 1.54) is 23.5 Å². The number of benzene rings is 1. The van der Waals surface area contributed by atoms with Crippen molar-refractivity contribution < 1.29 is 8.42 Å². The van der Waals surface area contributed by atoms with Crippen molar-refractivity contribution >= 4 is 37.9 Å². The molecule has 0 atom stereocenters. The van der Waals surface area contributed by atoms with Crippen LogP contribution in [0.3, 0.4) is 0 Å². The van der Waals surface area contributed by atoms with Gasteiger partial charge in [0.25, 0.3) is 0 Å². The topological polar surface area (TPSA) is 85.1 Å². The maximum Gasteiger partial charge on any atom is 0.197 e. The Hall–Kier alpha value is -1.15. The van der Waals surface area contributed by atoms with E-state index in [4.69, 9.17) is 17.4 Å². The summed E-state index contributed by atoms with van der Waals surface area (Å²) >= 11 is 7.18. The lowest BCUT2D eigenvalue weighted by molar-refractivity contribution is 0.602. The highest BCUT2D eigenvalue weighted by Crippen LogP contribution is 2.32. The average Bonchev–Trinajstić information content (AvgIpc) is 2.75. The number of sulfone groups is 1. The maximum absolute atomic E-state index is 11.7. The predicted molar refractivity (Wildman–Crippen MR) is 73.5 cm³/mol. The zero-order valence-electron chi connectivity index (χ0n) is 9.34. The van der Waals surface area contributed by atoms with Crippen LogP contribution < -0.4 is 11.3 Å². The van der Waals surface area contributed by atoms with Gasteiger partial charge in [0.1, 0.15) is 0 Å². The van der Waals surface area contributed by atoms with Crippen molar-refractivity contribution in [2.45, 2.75) is 4.90 Å². The van der Waals surface area contributed by atoms with Gasteiger partial charge in [-0.15, -0.1) is 11.3 Å². The predicted octanol–water partition coefficient (Wildman–Crippen LogP) is 2.15. The molecular formula is C10H10ClN3O2S2. The molecule has 0 fully saturated rings. The first kappa shape index (κ1) is 13.3. The van der Waals surface area contributed by atoms with Crippen molar-refractivity contribution in [3.8, 4) is 11.3 Å². The highest BCUT2D eigenvalue weighted by atomic mass is 35.5. The molecule has 0 radical (unpaired) electrons. The molecule has 1 aromatic carbocycles. The first-order chi connectivity index (χ1) is 8.41. The molecule has 96 valence electrons. The molecule has 0 aliphatic carbocycles. The van der Waals surface area contributed by atoms with Crippen LogP contribution in [0.5, 0.6) is 0 Å². The van der Waals surface area contributed by atoms with Gasteiger partial charge in [-0.1, -0.05) is 11.6 Å². The molecule has 8 heteroatoms. The Bertz CT molecular complexity index is 682. The van der Waals surface area contributed by atoms with E-state index in [1.807, 2.05) is 0 Å². The van der Waals surface area contributed by atoms with Crippen molar-refractivity contribution in [1.82, 2.24) is 4.98 Å². The van der Waals surface area contributed by atoms with Crippen LogP contribution >= 0.6 is 22.9 Å². The number of halogens is 1. The molecule has 18 heavy (non-hydrogen) atoms. The molecule has 0 aliphatic heterocycles. The molecule has 5 nitrogen and oxygen atoms in total. The monoisotopic (exact) mass is 303 g/mol. The molecular weight excluding hydrogens is 294 g/mol. The van der Waals surface area contributed by atoms with Gasteiger partial charge in [-0.05, 0) is 18.2 Å². The Labute approximate surface area is 114 Å². The summed E-state index contributed by atoms with van der Waals surface area (Å²) in [4.78, 5) is 4.37. The Morgan fingerprint density at radius 2 is 2.17 bits per heavy atom. The van der Waals surface area contributed by atoms with Crippen LogP contribution in [0, 0.1) is 0 Å². The minimum atomic E-state index is -3.34. The molecule has 1 aromatic heterocycles. The third-order valence-corrected chi connectivity index (χ3v) is 4.41. The summed E-state index contributed by atoms with van der Waals surface area (Å²) < 4.78 is 23.4. The average molecular weight is 304 g/mol. The fourth-order valence-corrected chi connectivity index (χ4v) is 3.16. The number of rotatable bonds is 3. The fraction of sp³-hybridized carbons (Fsp3) is 0.100. The number of nitrogens with one attached hydrogen (secondary N) is 1. The number of hydrogen-bond donors (Lipinski definition) is 2. The lowest BCUT2D eigenvalue weighted by Crippen LogP contribution is -2.06. The molecule has 0 amide bonds. The van der Waals surface area contributed by atoms with Crippen LogP contribution in [-0.2, 0) is 9.84 Å². The summed E-state index contributed by atoms with van der Waals surface area (Å²) in [6.07, 6.45) is 1.15. The standard InChI is InChI=1S/C10H10ClN3O2S2/c1-18(15,16)9-3-2-6(11)4-7(9)8-5-17-10(13-8)14-12/h2-5H,12H2,1H3,(H,13,14). The van der Waals surface area contributed by atoms with E-state index in [2.05, 4.69) is 10.4 Å². The lowest BCUT2D eigenvalue weighted by atomic mass is 10.2. The van der Waals surface area contributed by atoms with Gasteiger partial charge < -0.3 is 0 Å². The lowest BCUT2D eigenvalue weighted by Gasteiger charge is -2.06. The second kappa shape index (κ2) is 4.85. The second-order valence-corrected chi connectivity index (χ2v) is 6.87. The van der Waals surface area contributed by atoms with Gasteiger partial charge in [-0.25, -0.2) is 19.2 Å². The van der Waals surface area contributed by atoms with Crippen molar-refractivity contribution in [2.24, 2.45) is 5.84 Å². The van der Waals surface area contributed by atoms with Gasteiger partial charge in [0.05, 0.1) is 10.6 Å². The van der Waals surface area contributed by atoms with Crippen LogP contribution in [0.15, 0.2) is 28.5 Å². The Morgan fingerprint density at radius 1 is 1.44 bits per heavy atom. The van der Waals surface area contributed by atoms with Gasteiger partial charge in [0, 0.05) is 22.2 Å². The summed E-state index contributed by atoms with van der Waals surface area (Å²) in [5, 5.41) is 2.67. The second-order valence-electron chi connectivity index (χ2n) is 3.59. The first-order valence-corrected chi connectivity index (χ1v) is 7.99. The zero-order chi connectivity index (χ0) is 13.3. The van der Waals surface area contributed by atoms with Crippen LogP contribution in [0.2, 0.25) is 5.02 Å². The van der Waals surface area contributed by atoms with Gasteiger partial charge in [0.2, 0.25) is 0 Å². The Balaban J connectivity index is 2.65. The number of anilines is 1. The minimum Gasteiger partial charge on any atom is -0.300 e. The van der Waals surface area contributed by atoms with Crippen LogP contribution in [-0.4, -0.2) is 19.7 Å². The van der Waals surface area contributed by atoms with Crippen LogP contribution in [0.1, 0.15) is 0 Å². The highest BCUT2D eigenvalue weighted by molar-refractivity contribution is 7.90. The zero-order valence-corrected chi connectivity index (χ0v) is 11.7. The maximum atomic E-state index is 11.7. The summed E-state index contributed by atoms with van der Waals surface area (Å²) in [5.41, 5.74) is 3.41.